The lowest BCUT2D eigenvalue weighted by molar-refractivity contribution is -0.161. The first-order valence-corrected chi connectivity index (χ1v) is 11.5. The number of nitrogens with one attached hydrogen (secondary N) is 2. The van der Waals surface area contributed by atoms with Crippen molar-refractivity contribution in [3.05, 3.63) is 70.6 Å². The maximum atomic E-state index is 13.6. The number of hydrogen-bond donors (Lipinski definition) is 3. The summed E-state index contributed by atoms with van der Waals surface area (Å²) in [6, 6.07) is 12.3. The molecule has 2 aliphatic heterocycles. The van der Waals surface area contributed by atoms with Gasteiger partial charge in [0, 0.05) is 23.0 Å². The second-order valence-electron chi connectivity index (χ2n) is 9.89. The van der Waals surface area contributed by atoms with Crippen LogP contribution in [0.4, 0.5) is 10.5 Å². The van der Waals surface area contributed by atoms with Crippen LogP contribution in [0.1, 0.15) is 43.6 Å². The molecule has 0 bridgehead atoms. The van der Waals surface area contributed by atoms with Crippen molar-refractivity contribution in [3.63, 3.8) is 0 Å². The summed E-state index contributed by atoms with van der Waals surface area (Å²) in [6.07, 6.45) is -0.594. The molecule has 0 radical (unpaired) electrons. The van der Waals surface area contributed by atoms with Gasteiger partial charge in [-0.15, -0.1) is 0 Å². The highest BCUT2D eigenvalue weighted by Gasteiger charge is 2.49. The number of benzene rings is 2. The number of amides is 3. The highest BCUT2D eigenvalue weighted by atomic mass is 16.8. The lowest BCUT2D eigenvalue weighted by Crippen LogP contribution is -2.66. The van der Waals surface area contributed by atoms with Crippen LogP contribution in [0.2, 0.25) is 0 Å². The molecule has 2 aliphatic rings. The molecule has 5 rings (SSSR count). The van der Waals surface area contributed by atoms with Crippen molar-refractivity contribution >= 4 is 34.5 Å². The number of aromatic nitrogens is 1. The number of carbonyl (C=O) groups excluding carboxylic acids is 3. The summed E-state index contributed by atoms with van der Waals surface area (Å²) in [4.78, 5) is 44.3. The SMILES string of the molecule is CC(C)(C)OC(=O)NN1CC(=O)N2C(c3cccc(N([O-])O)c3)c3[nH]c4ccccc4c3C[C@H]2C1=O. The minimum absolute atomic E-state index is 0.00344. The van der Waals surface area contributed by atoms with E-state index in [1.54, 1.807) is 32.9 Å². The third-order valence-corrected chi connectivity index (χ3v) is 6.30. The maximum absolute atomic E-state index is 13.6. The van der Waals surface area contributed by atoms with Gasteiger partial charge in [-0.2, -0.15) is 0 Å². The number of para-hydroxylation sites is 1. The van der Waals surface area contributed by atoms with Crippen LogP contribution in [-0.2, 0) is 20.7 Å². The molecule has 0 saturated carbocycles. The van der Waals surface area contributed by atoms with E-state index in [4.69, 9.17) is 4.74 Å². The van der Waals surface area contributed by atoms with Crippen molar-refractivity contribution in [2.75, 3.05) is 11.8 Å². The van der Waals surface area contributed by atoms with Gasteiger partial charge in [0.15, 0.2) is 0 Å². The molecular weight excluding hydrogens is 466 g/mol. The van der Waals surface area contributed by atoms with Gasteiger partial charge in [0.2, 0.25) is 5.91 Å². The van der Waals surface area contributed by atoms with E-state index < -0.39 is 35.6 Å². The number of aromatic amines is 1. The average Bonchev–Trinajstić information content (AvgIpc) is 3.18. The Kier molecular flexibility index (Phi) is 5.61. The van der Waals surface area contributed by atoms with Gasteiger partial charge in [-0.25, -0.2) is 15.2 Å². The number of nitrogens with zero attached hydrogens (tertiary/aromatic N) is 3. The minimum atomic E-state index is -0.904. The summed E-state index contributed by atoms with van der Waals surface area (Å²) < 4.78 is 5.26. The molecule has 3 heterocycles. The number of ether oxygens (including phenoxy) is 1. The molecule has 2 atom stereocenters. The second-order valence-corrected chi connectivity index (χ2v) is 9.89. The molecule has 0 spiro atoms. The van der Waals surface area contributed by atoms with Gasteiger partial charge in [-0.1, -0.05) is 30.3 Å². The van der Waals surface area contributed by atoms with Crippen LogP contribution in [0.5, 0.6) is 0 Å². The van der Waals surface area contributed by atoms with Crippen LogP contribution < -0.4 is 10.7 Å². The number of piperazine rings is 1. The predicted molar refractivity (Wildman–Crippen MR) is 130 cm³/mol. The van der Waals surface area contributed by atoms with Crippen LogP contribution in [0.3, 0.4) is 0 Å². The first-order chi connectivity index (χ1) is 17.0. The van der Waals surface area contributed by atoms with Crippen LogP contribution in [0.25, 0.3) is 10.9 Å². The summed E-state index contributed by atoms with van der Waals surface area (Å²) >= 11 is 0. The monoisotopic (exact) mass is 492 g/mol. The number of rotatable bonds is 3. The van der Waals surface area contributed by atoms with Gasteiger partial charge < -0.3 is 25.1 Å². The Morgan fingerprint density at radius 3 is 2.67 bits per heavy atom. The van der Waals surface area contributed by atoms with Crippen LogP contribution in [-0.4, -0.2) is 56.2 Å². The zero-order chi connectivity index (χ0) is 25.8. The quantitative estimate of drug-likeness (QED) is 0.477. The van der Waals surface area contributed by atoms with E-state index in [0.717, 1.165) is 27.2 Å². The maximum Gasteiger partial charge on any atom is 0.426 e. The second kappa shape index (κ2) is 8.54. The summed E-state index contributed by atoms with van der Waals surface area (Å²) in [7, 11) is 0. The van der Waals surface area contributed by atoms with E-state index in [1.165, 1.54) is 17.0 Å². The molecule has 2 aromatic carbocycles. The predicted octanol–water partition coefficient (Wildman–Crippen LogP) is 2.99. The molecule has 0 aliphatic carbocycles. The van der Waals surface area contributed by atoms with Gasteiger partial charge in [0.1, 0.15) is 18.2 Å². The van der Waals surface area contributed by atoms with E-state index in [9.17, 15) is 24.8 Å². The highest BCUT2D eigenvalue weighted by Crippen LogP contribution is 2.42. The van der Waals surface area contributed by atoms with Crippen LogP contribution in [0, 0.1) is 5.21 Å². The third kappa shape index (κ3) is 4.12. The molecule has 11 heteroatoms. The Hall–Kier alpha value is -4.09. The zero-order valence-corrected chi connectivity index (χ0v) is 20.0. The van der Waals surface area contributed by atoms with E-state index in [1.807, 2.05) is 24.3 Å². The summed E-state index contributed by atoms with van der Waals surface area (Å²) in [6.45, 7) is 4.72. The van der Waals surface area contributed by atoms with E-state index in [-0.39, 0.29) is 23.9 Å². The van der Waals surface area contributed by atoms with Gasteiger partial charge in [0.25, 0.3) is 5.91 Å². The summed E-state index contributed by atoms with van der Waals surface area (Å²) in [5, 5.41) is 22.7. The lowest BCUT2D eigenvalue weighted by atomic mass is 9.86. The van der Waals surface area contributed by atoms with Gasteiger partial charge in [0.05, 0.1) is 11.7 Å². The van der Waals surface area contributed by atoms with Crippen molar-refractivity contribution in [3.8, 4) is 0 Å². The standard InChI is InChI=1S/C25H26N5O6/c1-25(2,3)36-24(33)27-28-13-20(31)29-19(23(28)32)12-17-16-9-4-5-10-18(16)26-21(17)22(29)14-7-6-8-15(11-14)30(34)35/h4-11,19,22,26,34H,12-13H2,1-3H3,(H,27,33)/q-1/t19-,22?/m0/s1. The summed E-state index contributed by atoms with van der Waals surface area (Å²) in [5.41, 5.74) is 4.62. The van der Waals surface area contributed by atoms with E-state index in [2.05, 4.69) is 10.4 Å². The average molecular weight is 493 g/mol. The van der Waals surface area contributed by atoms with Gasteiger partial charge >= 0.3 is 6.09 Å². The molecule has 1 aromatic heterocycles. The van der Waals surface area contributed by atoms with Crippen molar-refractivity contribution in [1.29, 1.82) is 0 Å². The fourth-order valence-electron chi connectivity index (χ4n) is 4.93. The van der Waals surface area contributed by atoms with E-state index in [0.29, 0.717) is 5.56 Å². The first kappa shape index (κ1) is 23.6. The zero-order valence-electron chi connectivity index (χ0n) is 20.0. The Balaban J connectivity index is 1.58. The smallest absolute Gasteiger partial charge is 0.426 e. The van der Waals surface area contributed by atoms with Crippen molar-refractivity contribution in [1.82, 2.24) is 20.3 Å². The summed E-state index contributed by atoms with van der Waals surface area (Å²) in [5.74, 6) is -0.844. The molecule has 1 saturated heterocycles. The van der Waals surface area contributed by atoms with Crippen molar-refractivity contribution in [2.45, 2.75) is 44.9 Å². The number of hydrogen-bond acceptors (Lipinski definition) is 7. The number of H-pyrrole nitrogens is 1. The molecule has 3 amide bonds. The van der Waals surface area contributed by atoms with Crippen molar-refractivity contribution < 1.29 is 24.3 Å². The molecular formula is C25H26N5O6-. The molecule has 11 nitrogen and oxygen atoms in total. The highest BCUT2D eigenvalue weighted by molar-refractivity contribution is 5.98. The fraction of sp³-hybridized carbons (Fsp3) is 0.320. The Labute approximate surface area is 206 Å². The topological polar surface area (TPSA) is 141 Å². The molecule has 3 aromatic rings. The first-order valence-electron chi connectivity index (χ1n) is 11.5. The van der Waals surface area contributed by atoms with Gasteiger partial charge in [-0.3, -0.25) is 14.8 Å². The van der Waals surface area contributed by atoms with Crippen molar-refractivity contribution in [2.24, 2.45) is 0 Å². The molecule has 1 unspecified atom stereocenters. The molecule has 1 fully saturated rings. The molecule has 36 heavy (non-hydrogen) atoms. The van der Waals surface area contributed by atoms with E-state index >= 15 is 0 Å². The minimum Gasteiger partial charge on any atom is -0.733 e. The number of fused-ring (bicyclic) bond motifs is 4. The normalized spacial score (nSPS) is 19.7. The Morgan fingerprint density at radius 2 is 1.94 bits per heavy atom. The number of hydrazine groups is 1. The molecule has 3 N–H and O–H groups in total. The number of carbonyl (C=O) groups is 3. The van der Waals surface area contributed by atoms with Crippen LogP contribution in [0.15, 0.2) is 48.5 Å². The fourth-order valence-corrected chi connectivity index (χ4v) is 4.93. The number of anilines is 1. The lowest BCUT2D eigenvalue weighted by Gasteiger charge is -2.46. The largest absolute Gasteiger partial charge is 0.733 e. The Morgan fingerprint density at radius 1 is 1.19 bits per heavy atom. The Bertz CT molecular complexity index is 1360. The third-order valence-electron chi connectivity index (χ3n) is 6.30. The molecule has 188 valence electrons. The van der Waals surface area contributed by atoms with Crippen LogP contribution >= 0.6 is 0 Å². The van der Waals surface area contributed by atoms with Gasteiger partial charge in [-0.05, 0) is 50.1 Å².